The van der Waals surface area contributed by atoms with Gasteiger partial charge in [-0.05, 0) is 79.7 Å². The Kier molecular flexibility index (Phi) is 5.64. The van der Waals surface area contributed by atoms with Crippen LogP contribution < -0.4 is 10.9 Å². The van der Waals surface area contributed by atoms with Crippen LogP contribution in [0.5, 0.6) is 0 Å². The van der Waals surface area contributed by atoms with E-state index in [-0.39, 0.29) is 16.9 Å². The number of carbonyl (C=O) groups is 1. The predicted octanol–water partition coefficient (Wildman–Crippen LogP) is 3.86. The number of amides is 1. The lowest BCUT2D eigenvalue weighted by Gasteiger charge is -2.44. The molecule has 3 rings (SSSR count). The van der Waals surface area contributed by atoms with Crippen molar-refractivity contribution in [1.29, 1.82) is 0 Å². The predicted molar refractivity (Wildman–Crippen MR) is 111 cm³/mol. The maximum absolute atomic E-state index is 12.5. The van der Waals surface area contributed by atoms with Gasteiger partial charge in [-0.2, -0.15) is 0 Å². The zero-order valence-electron chi connectivity index (χ0n) is 17.7. The molecule has 0 radical (unpaired) electrons. The number of nitrogens with one attached hydrogen (secondary N) is 2. The van der Waals surface area contributed by atoms with Crippen LogP contribution in [0.25, 0.3) is 0 Å². The number of hydrazine groups is 1. The van der Waals surface area contributed by atoms with Crippen molar-refractivity contribution in [3.8, 4) is 0 Å². The van der Waals surface area contributed by atoms with E-state index in [4.69, 9.17) is 0 Å². The van der Waals surface area contributed by atoms with Crippen molar-refractivity contribution >= 4 is 17.2 Å². The minimum atomic E-state index is -0.481. The van der Waals surface area contributed by atoms with Crippen LogP contribution in [0.15, 0.2) is 17.5 Å². The number of rotatable bonds is 4. The highest BCUT2D eigenvalue weighted by Crippen LogP contribution is 2.45. The van der Waals surface area contributed by atoms with Crippen molar-refractivity contribution in [3.63, 3.8) is 0 Å². The van der Waals surface area contributed by atoms with E-state index < -0.39 is 5.54 Å². The summed E-state index contributed by atoms with van der Waals surface area (Å²) in [6.07, 6.45) is 3.86. The van der Waals surface area contributed by atoms with Gasteiger partial charge in [0.1, 0.15) is 0 Å². The van der Waals surface area contributed by atoms with Gasteiger partial charge >= 0.3 is 0 Å². The Balaban J connectivity index is 1.87. The van der Waals surface area contributed by atoms with E-state index in [0.29, 0.717) is 10.8 Å². The maximum Gasteiger partial charge on any atom is 0.275 e. The first-order chi connectivity index (χ1) is 13.0. The Morgan fingerprint density at radius 3 is 2.43 bits per heavy atom. The second-order valence-corrected chi connectivity index (χ2v) is 10.8. The van der Waals surface area contributed by atoms with Crippen molar-refractivity contribution in [3.05, 3.63) is 28.2 Å². The van der Waals surface area contributed by atoms with Crippen LogP contribution in [0.3, 0.4) is 0 Å². The third-order valence-corrected chi connectivity index (χ3v) is 6.63. The number of hydrogen-bond acceptors (Lipinski definition) is 6. The summed E-state index contributed by atoms with van der Waals surface area (Å²) in [5.41, 5.74) is 5.82. The van der Waals surface area contributed by atoms with Crippen LogP contribution in [0, 0.1) is 11.3 Å². The van der Waals surface area contributed by atoms with Crippen LogP contribution in [0.4, 0.5) is 0 Å². The molecule has 0 aromatic carbocycles. The molecule has 154 valence electrons. The fourth-order valence-corrected chi connectivity index (χ4v) is 4.58. The molecule has 1 saturated carbocycles. The SMILES string of the molecule is CC(C)(C)C1CCC(NNC(=O)c2cccs2)(c2nnnn2C(C)(C)C)CC1. The second-order valence-electron chi connectivity index (χ2n) is 9.86. The van der Waals surface area contributed by atoms with Crippen molar-refractivity contribution in [2.75, 3.05) is 0 Å². The van der Waals surface area contributed by atoms with Crippen molar-refractivity contribution < 1.29 is 4.79 Å². The highest BCUT2D eigenvalue weighted by molar-refractivity contribution is 7.12. The summed E-state index contributed by atoms with van der Waals surface area (Å²) >= 11 is 1.43. The van der Waals surface area contributed by atoms with E-state index in [9.17, 15) is 4.79 Å². The summed E-state index contributed by atoms with van der Waals surface area (Å²) < 4.78 is 1.88. The Morgan fingerprint density at radius 1 is 1.21 bits per heavy atom. The van der Waals surface area contributed by atoms with E-state index in [0.717, 1.165) is 31.5 Å². The molecule has 2 aromatic rings. The monoisotopic (exact) mass is 404 g/mol. The minimum absolute atomic E-state index is 0.123. The van der Waals surface area contributed by atoms with Gasteiger partial charge < -0.3 is 0 Å². The fraction of sp³-hybridized carbons (Fsp3) is 0.700. The quantitative estimate of drug-likeness (QED) is 0.756. The molecule has 0 bridgehead atoms. The van der Waals surface area contributed by atoms with Crippen LogP contribution in [-0.2, 0) is 11.1 Å². The largest absolute Gasteiger partial charge is 0.286 e. The number of carbonyl (C=O) groups excluding carboxylic acids is 1. The highest BCUT2D eigenvalue weighted by atomic mass is 32.1. The molecule has 0 saturated heterocycles. The van der Waals surface area contributed by atoms with Gasteiger partial charge in [-0.15, -0.1) is 16.4 Å². The number of tetrazole rings is 1. The number of hydrogen-bond donors (Lipinski definition) is 2. The van der Waals surface area contributed by atoms with Gasteiger partial charge in [-0.25, -0.2) is 10.1 Å². The fourth-order valence-electron chi connectivity index (χ4n) is 3.96. The van der Waals surface area contributed by atoms with Gasteiger partial charge in [0.2, 0.25) is 0 Å². The first kappa shape index (κ1) is 20.9. The van der Waals surface area contributed by atoms with Crippen molar-refractivity contribution in [1.82, 2.24) is 31.1 Å². The Hall–Kier alpha value is -1.80. The molecule has 8 heteroatoms. The average molecular weight is 405 g/mol. The van der Waals surface area contributed by atoms with Gasteiger partial charge in [0.05, 0.1) is 16.0 Å². The Labute approximate surface area is 171 Å². The van der Waals surface area contributed by atoms with Gasteiger partial charge in [0.25, 0.3) is 5.91 Å². The van der Waals surface area contributed by atoms with Crippen LogP contribution in [-0.4, -0.2) is 26.1 Å². The zero-order valence-corrected chi connectivity index (χ0v) is 18.6. The molecule has 0 unspecified atom stereocenters. The summed E-state index contributed by atoms with van der Waals surface area (Å²) in [4.78, 5) is 13.2. The molecule has 1 amide bonds. The molecule has 1 aliphatic rings. The summed E-state index contributed by atoms with van der Waals surface area (Å²) in [5.74, 6) is 1.30. The van der Waals surface area contributed by atoms with Crippen LogP contribution in [0.1, 0.15) is 82.7 Å². The van der Waals surface area contributed by atoms with Crippen LogP contribution >= 0.6 is 11.3 Å². The van der Waals surface area contributed by atoms with Gasteiger partial charge in [-0.1, -0.05) is 26.8 Å². The van der Waals surface area contributed by atoms with Crippen LogP contribution in [0.2, 0.25) is 0 Å². The molecule has 0 atom stereocenters. The smallest absolute Gasteiger partial charge is 0.275 e. The number of nitrogens with zero attached hydrogens (tertiary/aromatic N) is 4. The lowest BCUT2D eigenvalue weighted by molar-refractivity contribution is 0.0745. The molecule has 1 aliphatic carbocycles. The molecule has 28 heavy (non-hydrogen) atoms. The van der Waals surface area contributed by atoms with E-state index >= 15 is 0 Å². The summed E-state index contributed by atoms with van der Waals surface area (Å²) in [7, 11) is 0. The topological polar surface area (TPSA) is 84.7 Å². The lowest BCUT2D eigenvalue weighted by atomic mass is 9.67. The minimum Gasteiger partial charge on any atom is -0.286 e. The highest BCUT2D eigenvalue weighted by Gasteiger charge is 2.45. The van der Waals surface area contributed by atoms with E-state index in [1.807, 2.05) is 22.2 Å². The van der Waals surface area contributed by atoms with E-state index in [1.54, 1.807) is 0 Å². The second kappa shape index (κ2) is 7.55. The summed E-state index contributed by atoms with van der Waals surface area (Å²) in [6, 6.07) is 3.70. The van der Waals surface area contributed by atoms with Gasteiger partial charge in [0, 0.05) is 0 Å². The van der Waals surface area contributed by atoms with Crippen molar-refractivity contribution in [2.45, 2.75) is 78.3 Å². The zero-order chi connectivity index (χ0) is 20.6. The Bertz CT molecular complexity index is 792. The molecule has 1 fully saturated rings. The van der Waals surface area contributed by atoms with E-state index in [2.05, 4.69) is 67.9 Å². The molecule has 0 aliphatic heterocycles. The normalized spacial score (nSPS) is 23.6. The number of aromatic nitrogens is 4. The summed E-state index contributed by atoms with van der Waals surface area (Å²) in [6.45, 7) is 13.2. The maximum atomic E-state index is 12.5. The Morgan fingerprint density at radius 2 is 1.89 bits per heavy atom. The third kappa shape index (κ3) is 4.27. The molecular weight excluding hydrogens is 372 g/mol. The molecule has 2 heterocycles. The lowest BCUT2D eigenvalue weighted by Crippen LogP contribution is -2.56. The molecule has 2 N–H and O–H groups in total. The molecular formula is C20H32N6OS. The average Bonchev–Trinajstić information content (AvgIpc) is 3.30. The van der Waals surface area contributed by atoms with Gasteiger partial charge in [0.15, 0.2) is 5.82 Å². The molecule has 7 nitrogen and oxygen atoms in total. The standard InChI is InChI=1S/C20H32N6OS/c1-18(2,3)14-9-11-20(12-10-14,17-22-24-25-26(17)19(4,5)6)23-21-16(27)15-8-7-13-28-15/h7-8,13-14,23H,9-12H2,1-6H3,(H,21,27). The number of thiophene rings is 1. The molecule has 0 spiro atoms. The van der Waals surface area contributed by atoms with Crippen molar-refractivity contribution in [2.24, 2.45) is 11.3 Å². The first-order valence-corrected chi connectivity index (χ1v) is 10.8. The van der Waals surface area contributed by atoms with Gasteiger partial charge in [-0.3, -0.25) is 10.2 Å². The third-order valence-electron chi connectivity index (χ3n) is 5.76. The van der Waals surface area contributed by atoms with E-state index in [1.165, 1.54) is 11.3 Å². The first-order valence-electron chi connectivity index (χ1n) is 9.93. The molecule has 2 aromatic heterocycles. The summed E-state index contributed by atoms with van der Waals surface area (Å²) in [5, 5.41) is 14.5.